The predicted octanol–water partition coefficient (Wildman–Crippen LogP) is 0.135. The van der Waals surface area contributed by atoms with E-state index in [1.165, 1.54) is 39.6 Å². The molecule has 0 aliphatic carbocycles. The molecule has 1 aromatic carbocycles. The maximum atomic E-state index is 14.8. The second kappa shape index (κ2) is 8.18. The Bertz CT molecular complexity index is 1470. The number of H-pyrrole nitrogens is 1. The number of piperazine rings is 1. The number of hydrogen-bond acceptors (Lipinski definition) is 6. The van der Waals surface area contributed by atoms with Gasteiger partial charge in [-0.15, -0.1) is 0 Å². The van der Waals surface area contributed by atoms with Gasteiger partial charge < -0.3 is 0 Å². The van der Waals surface area contributed by atoms with Gasteiger partial charge in [-0.2, -0.15) is 0 Å². The Morgan fingerprint density at radius 1 is 1.21 bits per heavy atom. The fourth-order valence-corrected chi connectivity index (χ4v) is 4.97. The number of nitrogens with one attached hydrogen (secondary N) is 1. The number of aromatic nitrogens is 5. The SMILES string of the molecule is CN1CCN(c2cc(-c3cn(-c4c(F)cccc4C#N)c(=O)c4c([AsH2])n[nH]c34)nn2C)CC1. The number of anilines is 1. The first-order chi connectivity index (χ1) is 15.9. The van der Waals surface area contributed by atoms with Crippen molar-refractivity contribution >= 4 is 38.1 Å². The third-order valence-corrected chi connectivity index (χ3v) is 6.94. The van der Waals surface area contributed by atoms with E-state index in [0.717, 1.165) is 32.0 Å². The second-order valence-corrected chi connectivity index (χ2v) is 9.27. The van der Waals surface area contributed by atoms with Gasteiger partial charge in [0.15, 0.2) is 0 Å². The third-order valence-electron chi connectivity index (χ3n) is 6.06. The van der Waals surface area contributed by atoms with Gasteiger partial charge in [-0.3, -0.25) is 0 Å². The van der Waals surface area contributed by atoms with Gasteiger partial charge in [0.05, 0.1) is 0 Å². The molecule has 1 unspecified atom stereocenters. The van der Waals surface area contributed by atoms with Gasteiger partial charge in [0.2, 0.25) is 0 Å². The van der Waals surface area contributed by atoms with Gasteiger partial charge in [0.1, 0.15) is 0 Å². The molecule has 1 fully saturated rings. The van der Waals surface area contributed by atoms with E-state index in [9.17, 15) is 14.4 Å². The van der Waals surface area contributed by atoms with Crippen molar-refractivity contribution in [2.24, 2.45) is 7.05 Å². The van der Waals surface area contributed by atoms with Crippen molar-refractivity contribution in [3.8, 4) is 23.0 Å². The average molecular weight is 508 g/mol. The molecule has 5 rings (SSSR count). The van der Waals surface area contributed by atoms with Crippen molar-refractivity contribution in [2.75, 3.05) is 38.1 Å². The fourth-order valence-electron chi connectivity index (χ4n) is 4.27. The van der Waals surface area contributed by atoms with Gasteiger partial charge in [-0.05, 0) is 0 Å². The molecule has 0 spiro atoms. The van der Waals surface area contributed by atoms with Crippen molar-refractivity contribution in [3.63, 3.8) is 0 Å². The summed E-state index contributed by atoms with van der Waals surface area (Å²) in [5.41, 5.74) is 1.37. The molecule has 3 aromatic heterocycles. The summed E-state index contributed by atoms with van der Waals surface area (Å²) in [6.07, 6.45) is 1.55. The van der Waals surface area contributed by atoms with Crippen LogP contribution in [0.1, 0.15) is 5.56 Å². The van der Waals surface area contributed by atoms with E-state index in [4.69, 9.17) is 5.10 Å². The Hall–Kier alpha value is -3.41. The molecule has 33 heavy (non-hydrogen) atoms. The molecule has 0 bridgehead atoms. The minimum atomic E-state index is -0.646. The summed E-state index contributed by atoms with van der Waals surface area (Å²) >= 11 is 1.18. The number of nitrogens with zero attached hydrogens (tertiary/aromatic N) is 7. The molecular formula is C22H22AsFN8O. The van der Waals surface area contributed by atoms with Gasteiger partial charge >= 0.3 is 198 Å². The molecule has 0 radical (unpaired) electrons. The number of para-hydroxylation sites is 1. The quantitative estimate of drug-likeness (QED) is 0.396. The molecule has 4 aromatic rings. The summed E-state index contributed by atoms with van der Waals surface area (Å²) < 4.78 is 18.4. The zero-order valence-electron chi connectivity index (χ0n) is 18.2. The number of benzene rings is 1. The van der Waals surface area contributed by atoms with Crippen LogP contribution in [0.3, 0.4) is 0 Å². The van der Waals surface area contributed by atoms with E-state index in [2.05, 4.69) is 27.0 Å². The first-order valence-electron chi connectivity index (χ1n) is 10.4. The van der Waals surface area contributed by atoms with E-state index in [-0.39, 0.29) is 11.3 Å². The Labute approximate surface area is 197 Å². The van der Waals surface area contributed by atoms with Crippen LogP contribution in [-0.2, 0) is 7.05 Å². The van der Waals surface area contributed by atoms with Crippen LogP contribution in [-0.4, -0.2) is 79.5 Å². The monoisotopic (exact) mass is 508 g/mol. The molecule has 1 atom stereocenters. The number of likely N-dealkylation sites (N-methyl/N-ethyl adjacent to an activating group) is 1. The van der Waals surface area contributed by atoms with E-state index < -0.39 is 11.4 Å². The van der Waals surface area contributed by atoms with Crippen LogP contribution in [0.2, 0.25) is 0 Å². The Kier molecular flexibility index (Phi) is 5.31. The van der Waals surface area contributed by atoms with Gasteiger partial charge in [0, 0.05) is 0 Å². The van der Waals surface area contributed by atoms with Gasteiger partial charge in [-0.1, -0.05) is 0 Å². The molecule has 1 saturated heterocycles. The number of aryl methyl sites for hydroxylation is 1. The minimum absolute atomic E-state index is 0.0727. The van der Waals surface area contributed by atoms with Crippen LogP contribution < -0.4 is 14.9 Å². The van der Waals surface area contributed by atoms with Crippen LogP contribution in [0.5, 0.6) is 0 Å². The molecule has 4 heterocycles. The Morgan fingerprint density at radius 2 is 1.97 bits per heavy atom. The first-order valence-corrected chi connectivity index (χ1v) is 11.7. The van der Waals surface area contributed by atoms with Gasteiger partial charge in [-0.25, -0.2) is 0 Å². The molecule has 168 valence electrons. The molecular weight excluding hydrogens is 486 g/mol. The van der Waals surface area contributed by atoms with Crippen molar-refractivity contribution < 1.29 is 4.39 Å². The zero-order valence-corrected chi connectivity index (χ0v) is 20.6. The Balaban J connectivity index is 1.73. The number of nitriles is 1. The third kappa shape index (κ3) is 3.54. The molecule has 1 N–H and O–H groups in total. The van der Waals surface area contributed by atoms with Crippen LogP contribution in [0.25, 0.3) is 27.8 Å². The van der Waals surface area contributed by atoms with E-state index >= 15 is 0 Å². The summed E-state index contributed by atoms with van der Waals surface area (Å²) in [5.74, 6) is 0.320. The maximum absolute atomic E-state index is 14.8. The fraction of sp³-hybridized carbons (Fsp3) is 0.273. The van der Waals surface area contributed by atoms with Crippen molar-refractivity contribution in [1.82, 2.24) is 29.4 Å². The summed E-state index contributed by atoms with van der Waals surface area (Å²) in [6.45, 7) is 3.69. The number of aromatic amines is 1. The molecule has 9 nitrogen and oxygen atoms in total. The average Bonchev–Trinajstić information content (AvgIpc) is 3.38. The number of hydrogen-bond donors (Lipinski definition) is 1. The first kappa shape index (κ1) is 21.4. The van der Waals surface area contributed by atoms with Crippen LogP contribution >= 0.6 is 0 Å². The normalized spacial score (nSPS) is 14.7. The van der Waals surface area contributed by atoms with Crippen molar-refractivity contribution in [3.05, 3.63) is 52.2 Å². The standard InChI is InChI=1S/C22H22AsFN8O/c1-29-6-8-31(9-7-29)17-10-16(28-30(17)2)14-12-32(20-13(11-25)4-3-5-15(20)24)22(33)18-19(14)26-27-21(18)23/h3-5,10,12H,6-9,23H2,1-2H3,(H,26,27). The van der Waals surface area contributed by atoms with Gasteiger partial charge in [0.25, 0.3) is 0 Å². The number of halogens is 1. The van der Waals surface area contributed by atoms with E-state index in [1.54, 1.807) is 6.20 Å². The summed E-state index contributed by atoms with van der Waals surface area (Å²) in [5, 5.41) is 21.8. The molecule has 0 saturated carbocycles. The van der Waals surface area contributed by atoms with Crippen molar-refractivity contribution in [2.45, 2.75) is 0 Å². The van der Waals surface area contributed by atoms with Crippen LogP contribution in [0.4, 0.5) is 10.2 Å². The van der Waals surface area contributed by atoms with Crippen molar-refractivity contribution in [1.29, 1.82) is 5.26 Å². The summed E-state index contributed by atoms with van der Waals surface area (Å²) in [7, 11) is 3.99. The topological polar surface area (TPSA) is 98.8 Å². The van der Waals surface area contributed by atoms with E-state index in [0.29, 0.717) is 26.6 Å². The molecule has 11 heteroatoms. The molecule has 1 aliphatic heterocycles. The molecule has 0 amide bonds. The van der Waals surface area contributed by atoms with E-state index in [1.807, 2.05) is 23.9 Å². The summed E-state index contributed by atoms with van der Waals surface area (Å²) in [6, 6.07) is 8.15. The summed E-state index contributed by atoms with van der Waals surface area (Å²) in [4.78, 5) is 17.9. The zero-order chi connectivity index (χ0) is 23.3. The van der Waals surface area contributed by atoms with Crippen LogP contribution in [0, 0.1) is 17.1 Å². The molecule has 1 aliphatic rings. The second-order valence-electron chi connectivity index (χ2n) is 8.13. The Morgan fingerprint density at radius 3 is 2.70 bits per heavy atom. The number of fused-ring (bicyclic) bond motifs is 1. The number of pyridine rings is 1. The predicted molar refractivity (Wildman–Crippen MR) is 126 cm³/mol. The number of rotatable bonds is 3. The van der Waals surface area contributed by atoms with Crippen LogP contribution in [0.15, 0.2) is 35.3 Å².